The number of carbonyl (C=O) groups excluding carboxylic acids is 2. The highest BCUT2D eigenvalue weighted by Crippen LogP contribution is 2.40. The van der Waals surface area contributed by atoms with Crippen LogP contribution in [0.4, 0.5) is 0 Å². The van der Waals surface area contributed by atoms with Crippen molar-refractivity contribution < 1.29 is 19.1 Å². The molecule has 6 nitrogen and oxygen atoms in total. The lowest BCUT2D eigenvalue weighted by Gasteiger charge is -2.33. The highest BCUT2D eigenvalue weighted by atomic mass is 32.1. The van der Waals surface area contributed by atoms with Gasteiger partial charge in [-0.1, -0.05) is 18.9 Å². The standard InChI is InChI=1S/C24H30N2O4S/c1-29-18-11-12-21(30-2)20(14-18)23(24(28)25-16-6-3-4-7-16)26(17-9-10-17)22(27)15-19-8-5-13-31-19/h5,8,11-14,16-17,23H,3-4,6-7,9-10,15H2,1-2H3,(H,25,28)/t23-/m1/s1. The van der Waals surface area contributed by atoms with Gasteiger partial charge in [-0.3, -0.25) is 9.59 Å². The molecular formula is C24H30N2O4S. The van der Waals surface area contributed by atoms with Gasteiger partial charge < -0.3 is 19.7 Å². The van der Waals surface area contributed by atoms with Crippen LogP contribution in [0.3, 0.4) is 0 Å². The molecule has 0 radical (unpaired) electrons. The molecule has 0 aliphatic heterocycles. The Morgan fingerprint density at radius 3 is 2.52 bits per heavy atom. The van der Waals surface area contributed by atoms with Gasteiger partial charge in [-0.15, -0.1) is 11.3 Å². The summed E-state index contributed by atoms with van der Waals surface area (Å²) in [7, 11) is 3.19. The van der Waals surface area contributed by atoms with Gasteiger partial charge >= 0.3 is 0 Å². The fourth-order valence-electron chi connectivity index (χ4n) is 4.39. The van der Waals surface area contributed by atoms with Crippen LogP contribution in [0.25, 0.3) is 0 Å². The van der Waals surface area contributed by atoms with Crippen LogP contribution in [-0.4, -0.2) is 43.0 Å². The Hall–Kier alpha value is -2.54. The van der Waals surface area contributed by atoms with E-state index in [1.807, 2.05) is 29.6 Å². The number of methoxy groups -OCH3 is 2. The molecule has 2 aliphatic carbocycles. The third kappa shape index (κ3) is 5.03. The summed E-state index contributed by atoms with van der Waals surface area (Å²) in [5.74, 6) is 1.06. The van der Waals surface area contributed by atoms with Crippen molar-refractivity contribution >= 4 is 23.2 Å². The lowest BCUT2D eigenvalue weighted by Crippen LogP contribution is -2.47. The number of benzene rings is 1. The molecule has 2 aromatic rings. The number of thiophene rings is 1. The van der Waals surface area contributed by atoms with Crippen molar-refractivity contribution in [3.8, 4) is 11.5 Å². The fraction of sp³-hybridized carbons (Fsp3) is 0.500. The lowest BCUT2D eigenvalue weighted by molar-refractivity contribution is -0.141. The first-order chi connectivity index (χ1) is 15.1. The number of amides is 2. The van der Waals surface area contributed by atoms with Gasteiger partial charge in [-0.05, 0) is 55.3 Å². The Morgan fingerprint density at radius 1 is 1.13 bits per heavy atom. The first-order valence-electron chi connectivity index (χ1n) is 11.0. The topological polar surface area (TPSA) is 67.9 Å². The van der Waals surface area contributed by atoms with Gasteiger partial charge in [0.2, 0.25) is 11.8 Å². The van der Waals surface area contributed by atoms with Crippen LogP contribution < -0.4 is 14.8 Å². The maximum Gasteiger partial charge on any atom is 0.247 e. The molecule has 1 aromatic heterocycles. The van der Waals surface area contributed by atoms with E-state index in [4.69, 9.17) is 9.47 Å². The summed E-state index contributed by atoms with van der Waals surface area (Å²) in [6.07, 6.45) is 6.35. The average molecular weight is 443 g/mol. The molecule has 7 heteroatoms. The summed E-state index contributed by atoms with van der Waals surface area (Å²) in [4.78, 5) is 29.9. The predicted octanol–water partition coefficient (Wildman–Crippen LogP) is 4.10. The molecule has 0 spiro atoms. The molecule has 31 heavy (non-hydrogen) atoms. The van der Waals surface area contributed by atoms with Gasteiger partial charge in [0.1, 0.15) is 17.5 Å². The van der Waals surface area contributed by atoms with Crippen molar-refractivity contribution in [3.63, 3.8) is 0 Å². The fourth-order valence-corrected chi connectivity index (χ4v) is 5.08. The van der Waals surface area contributed by atoms with Crippen LogP contribution in [0.5, 0.6) is 11.5 Å². The van der Waals surface area contributed by atoms with E-state index in [0.717, 1.165) is 43.4 Å². The van der Waals surface area contributed by atoms with Crippen molar-refractivity contribution in [2.24, 2.45) is 0 Å². The molecule has 0 unspecified atom stereocenters. The Kier molecular flexibility index (Phi) is 6.80. The second-order valence-electron chi connectivity index (χ2n) is 8.29. The number of hydrogen-bond acceptors (Lipinski definition) is 5. The van der Waals surface area contributed by atoms with Crippen molar-refractivity contribution in [1.82, 2.24) is 10.2 Å². The van der Waals surface area contributed by atoms with Crippen LogP contribution in [-0.2, 0) is 16.0 Å². The van der Waals surface area contributed by atoms with Crippen molar-refractivity contribution in [2.75, 3.05) is 14.2 Å². The van der Waals surface area contributed by atoms with Crippen molar-refractivity contribution in [2.45, 2.75) is 63.1 Å². The Labute approximate surface area is 187 Å². The Bertz CT molecular complexity index is 904. The number of rotatable bonds is 9. The predicted molar refractivity (Wildman–Crippen MR) is 121 cm³/mol. The molecule has 2 saturated carbocycles. The molecule has 1 N–H and O–H groups in total. The van der Waals surface area contributed by atoms with Crippen molar-refractivity contribution in [1.29, 1.82) is 0 Å². The SMILES string of the molecule is COc1ccc(OC)c([C@H](C(=O)NC2CCCC2)N(C(=O)Cc2cccs2)C2CC2)c1. The number of ether oxygens (including phenoxy) is 2. The van der Waals surface area contributed by atoms with Gasteiger partial charge in [0.05, 0.1) is 20.6 Å². The minimum absolute atomic E-state index is 0.0265. The molecule has 2 fully saturated rings. The molecule has 2 amide bonds. The van der Waals surface area contributed by atoms with E-state index in [9.17, 15) is 9.59 Å². The van der Waals surface area contributed by atoms with E-state index in [1.165, 1.54) is 0 Å². The summed E-state index contributed by atoms with van der Waals surface area (Å²) in [5, 5.41) is 5.19. The van der Waals surface area contributed by atoms with E-state index in [-0.39, 0.29) is 23.9 Å². The molecule has 2 aliphatic rings. The zero-order valence-electron chi connectivity index (χ0n) is 18.1. The first-order valence-corrected chi connectivity index (χ1v) is 11.8. The summed E-state index contributed by atoms with van der Waals surface area (Å²) in [5.41, 5.74) is 0.670. The number of nitrogens with zero attached hydrogens (tertiary/aromatic N) is 1. The minimum Gasteiger partial charge on any atom is -0.497 e. The van der Waals surface area contributed by atoms with Gasteiger partial charge in [0, 0.05) is 22.5 Å². The largest absolute Gasteiger partial charge is 0.497 e. The number of hydrogen-bond donors (Lipinski definition) is 1. The maximum absolute atomic E-state index is 13.6. The second-order valence-corrected chi connectivity index (χ2v) is 9.32. The molecule has 0 bridgehead atoms. The zero-order chi connectivity index (χ0) is 21.8. The molecular weight excluding hydrogens is 412 g/mol. The summed E-state index contributed by atoms with van der Waals surface area (Å²) in [6.45, 7) is 0. The maximum atomic E-state index is 13.6. The summed E-state index contributed by atoms with van der Waals surface area (Å²) < 4.78 is 11.0. The molecule has 1 heterocycles. The molecule has 1 atom stereocenters. The van der Waals surface area contributed by atoms with Crippen molar-refractivity contribution in [3.05, 3.63) is 46.2 Å². The zero-order valence-corrected chi connectivity index (χ0v) is 19.0. The molecule has 4 rings (SSSR count). The third-order valence-corrected chi connectivity index (χ3v) is 6.97. The highest BCUT2D eigenvalue weighted by Gasteiger charge is 2.43. The first kappa shape index (κ1) is 21.7. The van der Waals surface area contributed by atoms with Crippen LogP contribution in [0.1, 0.15) is 55.0 Å². The van der Waals surface area contributed by atoms with E-state index in [0.29, 0.717) is 23.5 Å². The van der Waals surface area contributed by atoms with Gasteiger partial charge in [0.15, 0.2) is 0 Å². The van der Waals surface area contributed by atoms with Gasteiger partial charge in [-0.25, -0.2) is 0 Å². The molecule has 0 saturated heterocycles. The number of carbonyl (C=O) groups is 2. The van der Waals surface area contributed by atoms with Crippen LogP contribution >= 0.6 is 11.3 Å². The van der Waals surface area contributed by atoms with Crippen LogP contribution in [0, 0.1) is 0 Å². The summed E-state index contributed by atoms with van der Waals surface area (Å²) >= 11 is 1.56. The third-order valence-electron chi connectivity index (χ3n) is 6.09. The van der Waals surface area contributed by atoms with E-state index < -0.39 is 6.04 Å². The average Bonchev–Trinajstić information content (AvgIpc) is 3.22. The summed E-state index contributed by atoms with van der Waals surface area (Å²) in [6, 6.07) is 8.85. The van der Waals surface area contributed by atoms with Crippen LogP contribution in [0.15, 0.2) is 35.7 Å². The monoisotopic (exact) mass is 442 g/mol. The Balaban J connectivity index is 1.71. The van der Waals surface area contributed by atoms with Gasteiger partial charge in [0.25, 0.3) is 0 Å². The minimum atomic E-state index is -0.745. The second kappa shape index (κ2) is 9.73. The van der Waals surface area contributed by atoms with Gasteiger partial charge in [-0.2, -0.15) is 0 Å². The number of nitrogens with one attached hydrogen (secondary N) is 1. The Morgan fingerprint density at radius 2 is 1.90 bits per heavy atom. The van der Waals surface area contributed by atoms with Crippen LogP contribution in [0.2, 0.25) is 0 Å². The molecule has 166 valence electrons. The smallest absolute Gasteiger partial charge is 0.247 e. The van der Waals surface area contributed by atoms with E-state index >= 15 is 0 Å². The lowest BCUT2D eigenvalue weighted by atomic mass is 10.0. The normalized spacial score (nSPS) is 17.2. The molecule has 1 aromatic carbocycles. The highest BCUT2D eigenvalue weighted by molar-refractivity contribution is 7.10. The van der Waals surface area contributed by atoms with E-state index in [2.05, 4.69) is 5.32 Å². The van der Waals surface area contributed by atoms with E-state index in [1.54, 1.807) is 36.5 Å². The quantitative estimate of drug-likeness (QED) is 0.635.